The second kappa shape index (κ2) is 5.75. The van der Waals surface area contributed by atoms with Crippen molar-refractivity contribution in [3.05, 3.63) is 30.1 Å². The first kappa shape index (κ1) is 11.2. The standard InChI is InChI=1S/C10H13BrN2O/c1-8(4-5-11)13-10(14)9-3-2-6-12-7-9/h2-3,6-8H,4-5H2,1H3,(H,13,14). The second-order valence-corrected chi connectivity index (χ2v) is 3.89. The minimum absolute atomic E-state index is 0.0634. The summed E-state index contributed by atoms with van der Waals surface area (Å²) in [5, 5.41) is 3.78. The van der Waals surface area contributed by atoms with E-state index in [-0.39, 0.29) is 11.9 Å². The summed E-state index contributed by atoms with van der Waals surface area (Å²) in [6.07, 6.45) is 4.14. The summed E-state index contributed by atoms with van der Waals surface area (Å²) in [4.78, 5) is 15.5. The summed E-state index contributed by atoms with van der Waals surface area (Å²) < 4.78 is 0. The maximum Gasteiger partial charge on any atom is 0.253 e. The van der Waals surface area contributed by atoms with Gasteiger partial charge in [0.2, 0.25) is 0 Å². The van der Waals surface area contributed by atoms with Crippen molar-refractivity contribution in [1.29, 1.82) is 0 Å². The molecule has 4 heteroatoms. The lowest BCUT2D eigenvalue weighted by molar-refractivity contribution is 0.0939. The van der Waals surface area contributed by atoms with Crippen molar-refractivity contribution in [3.63, 3.8) is 0 Å². The molecular formula is C10H13BrN2O. The normalized spacial score (nSPS) is 12.1. The number of nitrogens with one attached hydrogen (secondary N) is 1. The number of halogens is 1. The summed E-state index contributed by atoms with van der Waals surface area (Å²) in [6.45, 7) is 1.98. The Morgan fingerprint density at radius 1 is 1.71 bits per heavy atom. The van der Waals surface area contributed by atoms with Crippen molar-refractivity contribution in [2.24, 2.45) is 0 Å². The summed E-state index contributed by atoms with van der Waals surface area (Å²) in [6, 6.07) is 3.69. The highest BCUT2D eigenvalue weighted by molar-refractivity contribution is 9.09. The molecule has 0 aliphatic carbocycles. The third-order valence-electron chi connectivity index (χ3n) is 1.84. The summed E-state index contributed by atoms with van der Waals surface area (Å²) in [7, 11) is 0. The summed E-state index contributed by atoms with van der Waals surface area (Å²) >= 11 is 3.33. The predicted molar refractivity (Wildman–Crippen MR) is 59.6 cm³/mol. The fraction of sp³-hybridized carbons (Fsp3) is 0.400. The minimum atomic E-state index is -0.0634. The van der Waals surface area contributed by atoms with Gasteiger partial charge >= 0.3 is 0 Å². The zero-order valence-corrected chi connectivity index (χ0v) is 9.62. The number of hydrogen-bond donors (Lipinski definition) is 1. The highest BCUT2D eigenvalue weighted by Crippen LogP contribution is 1.99. The molecule has 76 valence electrons. The number of pyridine rings is 1. The number of carbonyl (C=O) groups excluding carboxylic acids is 1. The van der Waals surface area contributed by atoms with E-state index in [0.717, 1.165) is 11.8 Å². The number of amides is 1. The van der Waals surface area contributed by atoms with Gasteiger partial charge in [-0.1, -0.05) is 15.9 Å². The highest BCUT2D eigenvalue weighted by atomic mass is 79.9. The molecule has 0 saturated heterocycles. The van der Waals surface area contributed by atoms with E-state index in [1.165, 1.54) is 0 Å². The van der Waals surface area contributed by atoms with Gasteiger partial charge in [-0.05, 0) is 25.5 Å². The van der Waals surface area contributed by atoms with Crippen LogP contribution in [0.2, 0.25) is 0 Å². The Bertz CT molecular complexity index is 289. The molecule has 1 amide bonds. The van der Waals surface area contributed by atoms with Gasteiger partial charge in [-0.3, -0.25) is 9.78 Å². The van der Waals surface area contributed by atoms with Crippen molar-refractivity contribution in [2.75, 3.05) is 5.33 Å². The number of hydrogen-bond acceptors (Lipinski definition) is 2. The van der Waals surface area contributed by atoms with Gasteiger partial charge in [0.1, 0.15) is 0 Å². The molecule has 0 spiro atoms. The van der Waals surface area contributed by atoms with Gasteiger partial charge in [0.05, 0.1) is 5.56 Å². The highest BCUT2D eigenvalue weighted by Gasteiger charge is 2.08. The topological polar surface area (TPSA) is 42.0 Å². The average Bonchev–Trinajstić information content (AvgIpc) is 2.19. The lowest BCUT2D eigenvalue weighted by Gasteiger charge is -2.11. The van der Waals surface area contributed by atoms with E-state index in [1.807, 2.05) is 6.92 Å². The van der Waals surface area contributed by atoms with E-state index in [4.69, 9.17) is 0 Å². The van der Waals surface area contributed by atoms with E-state index in [0.29, 0.717) is 5.56 Å². The zero-order chi connectivity index (χ0) is 10.4. The Balaban J connectivity index is 2.51. The van der Waals surface area contributed by atoms with Crippen LogP contribution < -0.4 is 5.32 Å². The predicted octanol–water partition coefficient (Wildman–Crippen LogP) is 1.98. The van der Waals surface area contributed by atoms with Crippen LogP contribution in [0.3, 0.4) is 0 Å². The molecule has 1 unspecified atom stereocenters. The van der Waals surface area contributed by atoms with Crippen LogP contribution in [0, 0.1) is 0 Å². The van der Waals surface area contributed by atoms with Crippen LogP contribution >= 0.6 is 15.9 Å². The van der Waals surface area contributed by atoms with Crippen molar-refractivity contribution in [3.8, 4) is 0 Å². The average molecular weight is 257 g/mol. The summed E-state index contributed by atoms with van der Waals surface area (Å²) in [5.41, 5.74) is 0.605. The van der Waals surface area contributed by atoms with E-state index in [2.05, 4.69) is 26.2 Å². The number of alkyl halides is 1. The van der Waals surface area contributed by atoms with Crippen molar-refractivity contribution in [2.45, 2.75) is 19.4 Å². The quantitative estimate of drug-likeness (QED) is 0.838. The van der Waals surface area contributed by atoms with Crippen LogP contribution in [0.1, 0.15) is 23.7 Å². The van der Waals surface area contributed by atoms with Gasteiger partial charge < -0.3 is 5.32 Å². The van der Waals surface area contributed by atoms with E-state index >= 15 is 0 Å². The molecule has 0 fully saturated rings. The van der Waals surface area contributed by atoms with Gasteiger partial charge in [0, 0.05) is 23.8 Å². The molecule has 0 bridgehead atoms. The first-order chi connectivity index (χ1) is 6.74. The van der Waals surface area contributed by atoms with Gasteiger partial charge in [0.15, 0.2) is 0 Å². The van der Waals surface area contributed by atoms with Gasteiger partial charge in [-0.2, -0.15) is 0 Å². The number of nitrogens with zero attached hydrogens (tertiary/aromatic N) is 1. The zero-order valence-electron chi connectivity index (χ0n) is 8.03. The SMILES string of the molecule is CC(CCBr)NC(=O)c1cccnc1. The molecule has 0 saturated carbocycles. The van der Waals surface area contributed by atoms with Crippen LogP contribution in [0.4, 0.5) is 0 Å². The lowest BCUT2D eigenvalue weighted by atomic mass is 10.2. The third kappa shape index (κ3) is 3.46. The fourth-order valence-corrected chi connectivity index (χ4v) is 1.73. The Morgan fingerprint density at radius 3 is 3.07 bits per heavy atom. The summed E-state index contributed by atoms with van der Waals surface area (Å²) in [5.74, 6) is -0.0634. The molecule has 0 aliphatic heterocycles. The molecule has 1 aromatic heterocycles. The van der Waals surface area contributed by atoms with Crippen molar-refractivity contribution >= 4 is 21.8 Å². The monoisotopic (exact) mass is 256 g/mol. The van der Waals surface area contributed by atoms with Crippen LogP contribution in [0.5, 0.6) is 0 Å². The molecule has 3 nitrogen and oxygen atoms in total. The Kier molecular flexibility index (Phi) is 4.59. The molecule has 1 atom stereocenters. The lowest BCUT2D eigenvalue weighted by Crippen LogP contribution is -2.32. The van der Waals surface area contributed by atoms with E-state index in [9.17, 15) is 4.79 Å². The first-order valence-corrected chi connectivity index (χ1v) is 5.63. The van der Waals surface area contributed by atoms with E-state index < -0.39 is 0 Å². The maximum atomic E-state index is 11.6. The molecular weight excluding hydrogens is 244 g/mol. The largest absolute Gasteiger partial charge is 0.350 e. The Labute approximate surface area is 92.1 Å². The first-order valence-electron chi connectivity index (χ1n) is 4.51. The molecule has 1 rings (SSSR count). The van der Waals surface area contributed by atoms with Crippen molar-refractivity contribution < 1.29 is 4.79 Å². The molecule has 14 heavy (non-hydrogen) atoms. The number of rotatable bonds is 4. The van der Waals surface area contributed by atoms with Crippen LogP contribution in [0.15, 0.2) is 24.5 Å². The van der Waals surface area contributed by atoms with Crippen molar-refractivity contribution in [1.82, 2.24) is 10.3 Å². The minimum Gasteiger partial charge on any atom is -0.350 e. The Morgan fingerprint density at radius 2 is 2.50 bits per heavy atom. The van der Waals surface area contributed by atoms with Crippen LogP contribution in [-0.2, 0) is 0 Å². The molecule has 1 aromatic rings. The van der Waals surface area contributed by atoms with Crippen LogP contribution in [-0.4, -0.2) is 22.3 Å². The van der Waals surface area contributed by atoms with E-state index in [1.54, 1.807) is 24.5 Å². The molecule has 0 radical (unpaired) electrons. The van der Waals surface area contributed by atoms with Crippen LogP contribution in [0.25, 0.3) is 0 Å². The van der Waals surface area contributed by atoms with Gasteiger partial charge in [0.25, 0.3) is 5.91 Å². The molecule has 0 aliphatic rings. The molecule has 1 N–H and O–H groups in total. The third-order valence-corrected chi connectivity index (χ3v) is 2.30. The number of carbonyl (C=O) groups is 1. The smallest absolute Gasteiger partial charge is 0.253 e. The number of aromatic nitrogens is 1. The Hall–Kier alpha value is -0.900. The van der Waals surface area contributed by atoms with Gasteiger partial charge in [-0.15, -0.1) is 0 Å². The molecule has 1 heterocycles. The van der Waals surface area contributed by atoms with Gasteiger partial charge in [-0.25, -0.2) is 0 Å². The maximum absolute atomic E-state index is 11.6. The fourth-order valence-electron chi connectivity index (χ4n) is 1.04. The second-order valence-electron chi connectivity index (χ2n) is 3.09. The molecule has 0 aromatic carbocycles.